The molecule has 1 N–H and O–H groups in total. The summed E-state index contributed by atoms with van der Waals surface area (Å²) in [5.41, 5.74) is 0.808. The molecule has 1 saturated heterocycles. The van der Waals surface area contributed by atoms with E-state index >= 15 is 0 Å². The van der Waals surface area contributed by atoms with E-state index in [1.807, 2.05) is 30.3 Å². The molecule has 2 rings (SSSR count). The molecule has 1 aromatic rings. The molecule has 1 heterocycles. The Balaban J connectivity index is 1.93. The van der Waals surface area contributed by atoms with E-state index in [0.29, 0.717) is 12.5 Å². The van der Waals surface area contributed by atoms with Crippen LogP contribution < -0.4 is 4.72 Å². The van der Waals surface area contributed by atoms with Gasteiger partial charge in [-0.15, -0.1) is 0 Å². The Hall–Kier alpha value is -0.950. The van der Waals surface area contributed by atoms with E-state index in [4.69, 9.17) is 4.74 Å². The van der Waals surface area contributed by atoms with Crippen LogP contribution in [-0.2, 0) is 20.5 Å². The molecule has 0 spiro atoms. The first kappa shape index (κ1) is 17.4. The maximum absolute atomic E-state index is 12.3. The van der Waals surface area contributed by atoms with Crippen LogP contribution >= 0.6 is 0 Å². The number of rotatable bonds is 7. The fraction of sp³-hybridized carbons (Fsp3) is 0.625. The van der Waals surface area contributed by atoms with Gasteiger partial charge in [-0.25, -0.2) is 13.1 Å². The normalized spacial score (nSPS) is 18.5. The molecular formula is C16H26N2O3S. The zero-order valence-electron chi connectivity index (χ0n) is 13.4. The summed E-state index contributed by atoms with van der Waals surface area (Å²) in [5.74, 6) is 0.416. The first-order valence-corrected chi connectivity index (χ1v) is 9.46. The van der Waals surface area contributed by atoms with Gasteiger partial charge in [-0.1, -0.05) is 44.2 Å². The molecule has 0 bridgehead atoms. The van der Waals surface area contributed by atoms with E-state index in [1.54, 1.807) is 0 Å². The van der Waals surface area contributed by atoms with Gasteiger partial charge in [-0.05, 0) is 11.5 Å². The molecule has 0 unspecified atom stereocenters. The summed E-state index contributed by atoms with van der Waals surface area (Å²) in [4.78, 5) is 2.32. The van der Waals surface area contributed by atoms with Gasteiger partial charge in [0.15, 0.2) is 0 Å². The third kappa shape index (κ3) is 5.35. The van der Waals surface area contributed by atoms with Gasteiger partial charge in [-0.3, -0.25) is 4.90 Å². The minimum Gasteiger partial charge on any atom is -0.379 e. The van der Waals surface area contributed by atoms with Gasteiger partial charge in [-0.2, -0.15) is 0 Å². The van der Waals surface area contributed by atoms with Crippen LogP contribution in [-0.4, -0.2) is 52.2 Å². The number of nitrogens with zero attached hydrogens (tertiary/aromatic N) is 1. The van der Waals surface area contributed by atoms with Gasteiger partial charge in [0.25, 0.3) is 0 Å². The van der Waals surface area contributed by atoms with Gasteiger partial charge >= 0.3 is 0 Å². The van der Waals surface area contributed by atoms with E-state index in [-0.39, 0.29) is 11.8 Å². The van der Waals surface area contributed by atoms with Crippen LogP contribution in [0, 0.1) is 5.92 Å². The maximum Gasteiger partial charge on any atom is 0.215 e. The van der Waals surface area contributed by atoms with Crippen molar-refractivity contribution in [1.82, 2.24) is 9.62 Å². The Morgan fingerprint density at radius 2 is 1.82 bits per heavy atom. The molecule has 22 heavy (non-hydrogen) atoms. The van der Waals surface area contributed by atoms with Gasteiger partial charge in [0.2, 0.25) is 10.0 Å². The Morgan fingerprint density at radius 1 is 1.18 bits per heavy atom. The number of hydrogen-bond acceptors (Lipinski definition) is 4. The van der Waals surface area contributed by atoms with Crippen LogP contribution in [0.1, 0.15) is 19.4 Å². The van der Waals surface area contributed by atoms with Crippen molar-refractivity contribution in [3.63, 3.8) is 0 Å². The van der Waals surface area contributed by atoms with Crippen LogP contribution in [0.25, 0.3) is 0 Å². The molecule has 1 aromatic carbocycles. The average Bonchev–Trinajstić information content (AvgIpc) is 2.48. The molecule has 0 aliphatic carbocycles. The standard InChI is InChI=1S/C16H26N2O3S/c1-14(2)16(18-8-10-21-11-9-18)12-17-22(19,20)13-15-6-4-3-5-7-15/h3-7,14,16-17H,8-13H2,1-2H3/t16-/m1/s1. The van der Waals surface area contributed by atoms with E-state index in [2.05, 4.69) is 23.5 Å². The Kier molecular flexibility index (Phi) is 6.37. The summed E-state index contributed by atoms with van der Waals surface area (Å²) >= 11 is 0. The molecule has 0 amide bonds. The number of ether oxygens (including phenoxy) is 1. The van der Waals surface area contributed by atoms with E-state index in [0.717, 1.165) is 31.9 Å². The second-order valence-electron chi connectivity index (χ2n) is 6.05. The number of morpholine rings is 1. The monoisotopic (exact) mass is 326 g/mol. The van der Waals surface area contributed by atoms with Gasteiger partial charge < -0.3 is 4.74 Å². The minimum absolute atomic E-state index is 0.0295. The van der Waals surface area contributed by atoms with Gasteiger partial charge in [0.1, 0.15) is 0 Å². The van der Waals surface area contributed by atoms with Gasteiger partial charge in [0.05, 0.1) is 19.0 Å². The molecule has 6 heteroatoms. The van der Waals surface area contributed by atoms with Crippen molar-refractivity contribution in [2.24, 2.45) is 5.92 Å². The highest BCUT2D eigenvalue weighted by atomic mass is 32.2. The highest BCUT2D eigenvalue weighted by Crippen LogP contribution is 2.13. The van der Waals surface area contributed by atoms with Crippen molar-refractivity contribution in [3.05, 3.63) is 35.9 Å². The van der Waals surface area contributed by atoms with Crippen LogP contribution in [0.2, 0.25) is 0 Å². The summed E-state index contributed by atoms with van der Waals surface area (Å²) in [5, 5.41) is 0. The zero-order valence-corrected chi connectivity index (χ0v) is 14.2. The van der Waals surface area contributed by atoms with Crippen molar-refractivity contribution in [1.29, 1.82) is 0 Å². The molecular weight excluding hydrogens is 300 g/mol. The second-order valence-corrected chi connectivity index (χ2v) is 7.86. The number of sulfonamides is 1. The smallest absolute Gasteiger partial charge is 0.215 e. The Bertz CT molecular complexity index is 540. The zero-order chi connectivity index (χ0) is 16.0. The Labute approximate surface area is 133 Å². The van der Waals surface area contributed by atoms with Crippen LogP contribution in [0.3, 0.4) is 0 Å². The Morgan fingerprint density at radius 3 is 2.41 bits per heavy atom. The fourth-order valence-electron chi connectivity index (χ4n) is 2.75. The van der Waals surface area contributed by atoms with Crippen molar-refractivity contribution < 1.29 is 13.2 Å². The summed E-state index contributed by atoms with van der Waals surface area (Å²) < 4.78 is 32.7. The molecule has 1 aliphatic rings. The van der Waals surface area contributed by atoms with Crippen molar-refractivity contribution in [3.8, 4) is 0 Å². The average molecular weight is 326 g/mol. The lowest BCUT2D eigenvalue weighted by Crippen LogP contribution is -2.51. The van der Waals surface area contributed by atoms with E-state index in [1.165, 1.54) is 0 Å². The lowest BCUT2D eigenvalue weighted by atomic mass is 10.0. The van der Waals surface area contributed by atoms with Gasteiger partial charge in [0, 0.05) is 25.7 Å². The summed E-state index contributed by atoms with van der Waals surface area (Å²) in [6.07, 6.45) is 0. The third-order valence-electron chi connectivity index (χ3n) is 4.00. The third-order valence-corrected chi connectivity index (χ3v) is 5.32. The number of benzene rings is 1. The van der Waals surface area contributed by atoms with Crippen LogP contribution in [0.5, 0.6) is 0 Å². The topological polar surface area (TPSA) is 58.6 Å². The highest BCUT2D eigenvalue weighted by Gasteiger charge is 2.25. The fourth-order valence-corrected chi connectivity index (χ4v) is 3.91. The molecule has 0 aromatic heterocycles. The molecule has 124 valence electrons. The van der Waals surface area contributed by atoms with Crippen molar-refractivity contribution >= 4 is 10.0 Å². The molecule has 0 radical (unpaired) electrons. The maximum atomic E-state index is 12.3. The first-order valence-electron chi connectivity index (χ1n) is 7.81. The number of hydrogen-bond donors (Lipinski definition) is 1. The molecule has 1 fully saturated rings. The first-order chi connectivity index (χ1) is 10.5. The summed E-state index contributed by atoms with van der Waals surface area (Å²) in [6, 6.07) is 9.47. The molecule has 5 nitrogen and oxygen atoms in total. The SMILES string of the molecule is CC(C)[C@@H](CNS(=O)(=O)Cc1ccccc1)N1CCOCC1. The minimum atomic E-state index is -3.31. The van der Waals surface area contributed by atoms with Crippen molar-refractivity contribution in [2.45, 2.75) is 25.6 Å². The summed E-state index contributed by atoms with van der Waals surface area (Å²) in [6.45, 7) is 7.89. The largest absolute Gasteiger partial charge is 0.379 e. The predicted octanol–water partition coefficient (Wildman–Crippen LogP) is 1.46. The van der Waals surface area contributed by atoms with E-state index in [9.17, 15) is 8.42 Å². The van der Waals surface area contributed by atoms with Crippen LogP contribution in [0.15, 0.2) is 30.3 Å². The second kappa shape index (κ2) is 8.06. The molecule has 1 atom stereocenters. The van der Waals surface area contributed by atoms with Crippen molar-refractivity contribution in [2.75, 3.05) is 32.8 Å². The highest BCUT2D eigenvalue weighted by molar-refractivity contribution is 7.88. The summed E-state index contributed by atoms with van der Waals surface area (Å²) in [7, 11) is -3.31. The predicted molar refractivity (Wildman–Crippen MR) is 88.1 cm³/mol. The lowest BCUT2D eigenvalue weighted by Gasteiger charge is -2.36. The molecule has 1 aliphatic heterocycles. The quantitative estimate of drug-likeness (QED) is 0.824. The van der Waals surface area contributed by atoms with E-state index < -0.39 is 10.0 Å². The lowest BCUT2D eigenvalue weighted by molar-refractivity contribution is 0.00776. The molecule has 0 saturated carbocycles. The van der Waals surface area contributed by atoms with Crippen LogP contribution in [0.4, 0.5) is 0 Å². The number of nitrogens with one attached hydrogen (secondary N) is 1.